The minimum absolute atomic E-state index is 0.205. The van der Waals surface area contributed by atoms with Gasteiger partial charge in [0.25, 0.3) is 0 Å². The molecule has 0 aliphatic rings. The highest BCUT2D eigenvalue weighted by molar-refractivity contribution is 5.72. The first-order chi connectivity index (χ1) is 11.6. The van der Waals surface area contributed by atoms with Gasteiger partial charge < -0.3 is 5.11 Å². The zero-order valence-corrected chi connectivity index (χ0v) is 13.1. The first-order valence-electron chi connectivity index (χ1n) is 7.47. The molecule has 0 fully saturated rings. The Balaban J connectivity index is 2.04. The molecule has 0 amide bonds. The predicted octanol–water partition coefficient (Wildman–Crippen LogP) is 4.22. The van der Waals surface area contributed by atoms with Crippen molar-refractivity contribution in [2.75, 3.05) is 0 Å². The van der Waals surface area contributed by atoms with Crippen LogP contribution < -0.4 is 0 Å². The number of azo groups is 1. The van der Waals surface area contributed by atoms with Crippen LogP contribution in [0.15, 0.2) is 70.9 Å². The molecule has 1 aromatic heterocycles. The van der Waals surface area contributed by atoms with Crippen molar-refractivity contribution in [1.29, 1.82) is 0 Å². The maximum absolute atomic E-state index is 11.1. The van der Waals surface area contributed by atoms with Crippen LogP contribution in [0, 0.1) is 6.92 Å². The van der Waals surface area contributed by atoms with Crippen LogP contribution in [-0.4, -0.2) is 20.9 Å². The number of carboxylic acids is 1. The molecule has 6 heteroatoms. The standard InChI is InChI=1S/C18H16N4O2/c1-13-18(20-19-14-8-4-2-5-9-14)16(12-17(23)24)21-22(13)15-10-6-3-7-11-15/h2-11H,12H2,1H3,(H,23,24). The van der Waals surface area contributed by atoms with E-state index in [-0.39, 0.29) is 6.42 Å². The number of hydrogen-bond donors (Lipinski definition) is 1. The molecule has 3 rings (SSSR count). The minimum atomic E-state index is -0.955. The lowest BCUT2D eigenvalue weighted by Gasteiger charge is -2.03. The molecule has 3 aromatic rings. The van der Waals surface area contributed by atoms with Crippen molar-refractivity contribution in [3.05, 3.63) is 72.1 Å². The predicted molar refractivity (Wildman–Crippen MR) is 90.3 cm³/mol. The van der Waals surface area contributed by atoms with Crippen molar-refractivity contribution < 1.29 is 9.90 Å². The Morgan fingerprint density at radius 1 is 1.04 bits per heavy atom. The molecule has 1 heterocycles. The van der Waals surface area contributed by atoms with Crippen molar-refractivity contribution in [3.63, 3.8) is 0 Å². The molecule has 24 heavy (non-hydrogen) atoms. The minimum Gasteiger partial charge on any atom is -0.481 e. The maximum Gasteiger partial charge on any atom is 0.309 e. The van der Waals surface area contributed by atoms with Crippen molar-refractivity contribution in [3.8, 4) is 5.69 Å². The molecule has 1 N–H and O–H groups in total. The van der Waals surface area contributed by atoms with Gasteiger partial charge in [0.1, 0.15) is 11.4 Å². The van der Waals surface area contributed by atoms with E-state index in [1.54, 1.807) is 4.68 Å². The SMILES string of the molecule is Cc1c(N=Nc2ccccc2)c(CC(=O)O)nn1-c1ccccc1. The average Bonchev–Trinajstić information content (AvgIpc) is 2.90. The second-order valence-corrected chi connectivity index (χ2v) is 5.23. The van der Waals surface area contributed by atoms with Crippen molar-refractivity contribution in [2.45, 2.75) is 13.3 Å². The summed E-state index contributed by atoms with van der Waals surface area (Å²) in [6.45, 7) is 1.85. The van der Waals surface area contributed by atoms with Gasteiger partial charge in [-0.1, -0.05) is 36.4 Å². The van der Waals surface area contributed by atoms with Crippen LogP contribution in [0.5, 0.6) is 0 Å². The fourth-order valence-corrected chi connectivity index (χ4v) is 2.37. The van der Waals surface area contributed by atoms with Gasteiger partial charge in [0.2, 0.25) is 0 Å². The third kappa shape index (κ3) is 3.38. The lowest BCUT2D eigenvalue weighted by atomic mass is 10.2. The Bertz CT molecular complexity index is 871. The summed E-state index contributed by atoms with van der Waals surface area (Å²) in [5.41, 5.74) is 3.18. The molecular formula is C18H16N4O2. The van der Waals surface area contributed by atoms with Crippen molar-refractivity contribution in [2.24, 2.45) is 10.2 Å². The van der Waals surface area contributed by atoms with E-state index in [9.17, 15) is 4.79 Å². The van der Waals surface area contributed by atoms with Crippen LogP contribution in [0.1, 0.15) is 11.4 Å². The number of aromatic nitrogens is 2. The van der Waals surface area contributed by atoms with Crippen LogP contribution in [0.2, 0.25) is 0 Å². The van der Waals surface area contributed by atoms with E-state index in [1.165, 1.54) is 0 Å². The monoisotopic (exact) mass is 320 g/mol. The molecule has 0 unspecified atom stereocenters. The number of nitrogens with zero attached hydrogens (tertiary/aromatic N) is 4. The van der Waals surface area contributed by atoms with Gasteiger partial charge in [-0.2, -0.15) is 10.2 Å². The number of benzene rings is 2. The highest BCUT2D eigenvalue weighted by Crippen LogP contribution is 2.28. The second kappa shape index (κ2) is 6.87. The van der Waals surface area contributed by atoms with Crippen LogP contribution >= 0.6 is 0 Å². The van der Waals surface area contributed by atoms with Gasteiger partial charge >= 0.3 is 5.97 Å². The van der Waals surface area contributed by atoms with E-state index >= 15 is 0 Å². The fourth-order valence-electron chi connectivity index (χ4n) is 2.37. The van der Waals surface area contributed by atoms with Gasteiger partial charge in [-0.15, -0.1) is 5.11 Å². The van der Waals surface area contributed by atoms with E-state index in [0.29, 0.717) is 17.1 Å². The number of carbonyl (C=O) groups is 1. The zero-order valence-electron chi connectivity index (χ0n) is 13.1. The summed E-state index contributed by atoms with van der Waals surface area (Å²) in [4.78, 5) is 11.1. The van der Waals surface area contributed by atoms with Crippen molar-refractivity contribution >= 4 is 17.3 Å². The maximum atomic E-state index is 11.1. The molecular weight excluding hydrogens is 304 g/mol. The molecule has 0 aliphatic heterocycles. The van der Waals surface area contributed by atoms with E-state index in [4.69, 9.17) is 5.11 Å². The Kier molecular flexibility index (Phi) is 4.47. The molecule has 0 saturated carbocycles. The van der Waals surface area contributed by atoms with Gasteiger partial charge in [0, 0.05) is 0 Å². The van der Waals surface area contributed by atoms with Crippen LogP contribution in [0.4, 0.5) is 11.4 Å². The molecule has 120 valence electrons. The third-order valence-electron chi connectivity index (χ3n) is 3.50. The topological polar surface area (TPSA) is 79.8 Å². The number of carboxylic acid groups (broad SMARTS) is 1. The summed E-state index contributed by atoms with van der Waals surface area (Å²) < 4.78 is 1.69. The smallest absolute Gasteiger partial charge is 0.309 e. The molecule has 0 bridgehead atoms. The quantitative estimate of drug-likeness (QED) is 0.715. The molecule has 0 saturated heterocycles. The molecule has 0 atom stereocenters. The van der Waals surface area contributed by atoms with E-state index in [0.717, 1.165) is 11.4 Å². The molecule has 0 spiro atoms. The van der Waals surface area contributed by atoms with Gasteiger partial charge in [-0.05, 0) is 31.2 Å². The van der Waals surface area contributed by atoms with Crippen LogP contribution in [0.3, 0.4) is 0 Å². The Morgan fingerprint density at radius 3 is 2.29 bits per heavy atom. The Labute approximate surface area is 139 Å². The highest BCUT2D eigenvalue weighted by Gasteiger charge is 2.18. The van der Waals surface area contributed by atoms with Crippen molar-refractivity contribution in [1.82, 2.24) is 9.78 Å². The lowest BCUT2D eigenvalue weighted by Crippen LogP contribution is -2.03. The summed E-state index contributed by atoms with van der Waals surface area (Å²) in [6, 6.07) is 18.8. The molecule has 2 aromatic carbocycles. The molecule has 6 nitrogen and oxygen atoms in total. The summed E-state index contributed by atoms with van der Waals surface area (Å²) in [5, 5.41) is 22.0. The summed E-state index contributed by atoms with van der Waals surface area (Å²) in [7, 11) is 0. The average molecular weight is 320 g/mol. The van der Waals surface area contributed by atoms with E-state index < -0.39 is 5.97 Å². The zero-order chi connectivity index (χ0) is 16.9. The van der Waals surface area contributed by atoms with Gasteiger partial charge in [0.05, 0.1) is 23.5 Å². The van der Waals surface area contributed by atoms with Crippen LogP contribution in [-0.2, 0) is 11.2 Å². The van der Waals surface area contributed by atoms with E-state index in [2.05, 4.69) is 15.3 Å². The fraction of sp³-hybridized carbons (Fsp3) is 0.111. The number of rotatable bonds is 5. The van der Waals surface area contributed by atoms with Gasteiger partial charge in [-0.25, -0.2) is 4.68 Å². The number of aliphatic carboxylic acids is 1. The van der Waals surface area contributed by atoms with Crippen LogP contribution in [0.25, 0.3) is 5.69 Å². The van der Waals surface area contributed by atoms with Gasteiger partial charge in [0.15, 0.2) is 0 Å². The summed E-state index contributed by atoms with van der Waals surface area (Å²) in [5.74, 6) is -0.955. The van der Waals surface area contributed by atoms with Gasteiger partial charge in [-0.3, -0.25) is 4.79 Å². The first-order valence-corrected chi connectivity index (χ1v) is 7.47. The second-order valence-electron chi connectivity index (χ2n) is 5.23. The third-order valence-corrected chi connectivity index (χ3v) is 3.50. The Morgan fingerprint density at radius 2 is 1.67 bits per heavy atom. The normalized spacial score (nSPS) is 11.0. The number of hydrogen-bond acceptors (Lipinski definition) is 4. The van der Waals surface area contributed by atoms with E-state index in [1.807, 2.05) is 67.6 Å². The Hall–Kier alpha value is -3.28. The first kappa shape index (κ1) is 15.6. The molecule has 0 radical (unpaired) electrons. The summed E-state index contributed by atoms with van der Waals surface area (Å²) in [6.07, 6.45) is -0.205. The molecule has 0 aliphatic carbocycles. The number of para-hydroxylation sites is 1. The largest absolute Gasteiger partial charge is 0.481 e. The lowest BCUT2D eigenvalue weighted by molar-refractivity contribution is -0.136. The summed E-state index contributed by atoms with van der Waals surface area (Å²) >= 11 is 0. The highest BCUT2D eigenvalue weighted by atomic mass is 16.4.